The molecule has 6 heteroatoms. The second kappa shape index (κ2) is 8.66. The van der Waals surface area contributed by atoms with Crippen LogP contribution in [0.15, 0.2) is 41.8 Å². The molecule has 1 aliphatic rings. The summed E-state index contributed by atoms with van der Waals surface area (Å²) in [7, 11) is 0. The van der Waals surface area contributed by atoms with Crippen molar-refractivity contribution in [3.63, 3.8) is 0 Å². The van der Waals surface area contributed by atoms with E-state index in [2.05, 4.69) is 34.0 Å². The Kier molecular flexibility index (Phi) is 5.99. The molecule has 3 aromatic rings. The Hall–Kier alpha value is -2.21. The summed E-state index contributed by atoms with van der Waals surface area (Å²) in [5, 5.41) is 22.4. The SMILES string of the molecule is CCC[C@]1(C)CCCC[C@H](Sc2cnc(-c3cc4ccncc4cc3O)nn2)C1. The van der Waals surface area contributed by atoms with Crippen molar-refractivity contribution in [1.29, 1.82) is 0 Å². The summed E-state index contributed by atoms with van der Waals surface area (Å²) < 4.78 is 0. The van der Waals surface area contributed by atoms with Crippen molar-refractivity contribution in [3.05, 3.63) is 36.8 Å². The van der Waals surface area contributed by atoms with Crippen LogP contribution in [0, 0.1) is 5.41 Å². The molecule has 1 fully saturated rings. The fraction of sp³-hybridized carbons (Fsp3) is 0.478. The number of pyridine rings is 1. The van der Waals surface area contributed by atoms with Gasteiger partial charge in [-0.25, -0.2) is 4.98 Å². The summed E-state index contributed by atoms with van der Waals surface area (Å²) >= 11 is 1.81. The quantitative estimate of drug-likeness (QED) is 0.520. The Labute approximate surface area is 176 Å². The van der Waals surface area contributed by atoms with Crippen LogP contribution >= 0.6 is 11.8 Å². The van der Waals surface area contributed by atoms with Crippen molar-refractivity contribution in [2.45, 2.75) is 69.1 Å². The van der Waals surface area contributed by atoms with Crippen molar-refractivity contribution in [3.8, 4) is 17.1 Å². The summed E-state index contributed by atoms with van der Waals surface area (Å²) in [5.74, 6) is 0.592. The highest BCUT2D eigenvalue weighted by Crippen LogP contribution is 2.43. The lowest BCUT2D eigenvalue weighted by Gasteiger charge is -2.30. The number of thioether (sulfide) groups is 1. The summed E-state index contributed by atoms with van der Waals surface area (Å²) in [4.78, 5) is 8.60. The molecule has 1 saturated carbocycles. The molecule has 0 spiro atoms. The van der Waals surface area contributed by atoms with E-state index < -0.39 is 0 Å². The van der Waals surface area contributed by atoms with Gasteiger partial charge in [-0.15, -0.1) is 10.2 Å². The summed E-state index contributed by atoms with van der Waals surface area (Å²) in [6, 6.07) is 5.50. The molecule has 2 heterocycles. The molecule has 2 atom stereocenters. The fourth-order valence-electron chi connectivity index (χ4n) is 4.52. The third-order valence-corrected chi connectivity index (χ3v) is 7.12. The molecule has 5 nitrogen and oxygen atoms in total. The Morgan fingerprint density at radius 2 is 2.07 bits per heavy atom. The molecule has 0 unspecified atom stereocenters. The predicted molar refractivity (Wildman–Crippen MR) is 118 cm³/mol. The van der Waals surface area contributed by atoms with Crippen LogP contribution in [0.1, 0.15) is 58.8 Å². The van der Waals surface area contributed by atoms with E-state index in [4.69, 9.17) is 0 Å². The number of hydrogen-bond acceptors (Lipinski definition) is 6. The minimum absolute atomic E-state index is 0.145. The first-order valence-corrected chi connectivity index (χ1v) is 11.4. The van der Waals surface area contributed by atoms with Crippen molar-refractivity contribution >= 4 is 22.5 Å². The maximum Gasteiger partial charge on any atom is 0.185 e. The smallest absolute Gasteiger partial charge is 0.185 e. The second-order valence-electron chi connectivity index (χ2n) is 8.46. The van der Waals surface area contributed by atoms with E-state index in [1.165, 1.54) is 44.9 Å². The first kappa shape index (κ1) is 20.1. The molecule has 0 bridgehead atoms. The molecular formula is C23H28N4OS. The van der Waals surface area contributed by atoms with Crippen molar-refractivity contribution in [2.75, 3.05) is 0 Å². The molecule has 0 saturated heterocycles. The summed E-state index contributed by atoms with van der Waals surface area (Å²) in [5.41, 5.74) is 1.04. The highest BCUT2D eigenvalue weighted by Gasteiger charge is 2.30. The number of rotatable bonds is 5. The average Bonchev–Trinajstić information content (AvgIpc) is 2.89. The van der Waals surface area contributed by atoms with Crippen LogP contribution in [0.4, 0.5) is 0 Å². The highest BCUT2D eigenvalue weighted by atomic mass is 32.2. The molecule has 1 aliphatic carbocycles. The van der Waals surface area contributed by atoms with E-state index in [0.717, 1.165) is 15.8 Å². The van der Waals surface area contributed by atoms with Gasteiger partial charge in [-0.3, -0.25) is 4.98 Å². The van der Waals surface area contributed by atoms with Crippen LogP contribution in [0.25, 0.3) is 22.2 Å². The fourth-order valence-corrected chi connectivity index (χ4v) is 5.84. The molecule has 0 amide bonds. The number of nitrogens with zero attached hydrogens (tertiary/aromatic N) is 4. The molecule has 0 aliphatic heterocycles. The number of benzene rings is 1. The van der Waals surface area contributed by atoms with Gasteiger partial charge in [-0.05, 0) is 54.7 Å². The molecule has 1 N–H and O–H groups in total. The number of aromatic nitrogens is 4. The van der Waals surface area contributed by atoms with Crippen LogP contribution in [-0.4, -0.2) is 30.5 Å². The van der Waals surface area contributed by atoms with Crippen LogP contribution in [0.3, 0.4) is 0 Å². The van der Waals surface area contributed by atoms with E-state index in [1.54, 1.807) is 24.7 Å². The van der Waals surface area contributed by atoms with E-state index >= 15 is 0 Å². The predicted octanol–water partition coefficient (Wildman–Crippen LogP) is 6.02. The second-order valence-corrected chi connectivity index (χ2v) is 9.78. The zero-order valence-corrected chi connectivity index (χ0v) is 18.0. The van der Waals surface area contributed by atoms with Crippen LogP contribution in [0.2, 0.25) is 0 Å². The maximum atomic E-state index is 10.4. The van der Waals surface area contributed by atoms with Gasteiger partial charge in [0.05, 0.1) is 11.8 Å². The van der Waals surface area contributed by atoms with Gasteiger partial charge >= 0.3 is 0 Å². The lowest BCUT2D eigenvalue weighted by molar-refractivity contribution is 0.254. The van der Waals surface area contributed by atoms with Gasteiger partial charge in [0, 0.05) is 23.0 Å². The third-order valence-electron chi connectivity index (χ3n) is 5.95. The Bertz CT molecular complexity index is 978. The summed E-state index contributed by atoms with van der Waals surface area (Å²) in [6.07, 6.45) is 14.2. The average molecular weight is 409 g/mol. The normalized spacial score (nSPS) is 22.5. The largest absolute Gasteiger partial charge is 0.507 e. The number of phenolic OH excluding ortho intramolecular Hbond substituents is 1. The Morgan fingerprint density at radius 1 is 1.17 bits per heavy atom. The molecule has 2 aromatic heterocycles. The maximum absolute atomic E-state index is 10.4. The van der Waals surface area contributed by atoms with Gasteiger partial charge in [0.25, 0.3) is 0 Å². The number of hydrogen-bond donors (Lipinski definition) is 1. The molecule has 1 aromatic carbocycles. The standard InChI is InChI=1S/C23H28N4OS/c1-3-8-23(2)9-5-4-6-18(13-23)29-21-15-25-22(27-26-21)19-11-16-7-10-24-14-17(16)12-20(19)28/h7,10-12,14-15,18,28H,3-6,8-9,13H2,1-2H3/t18-,23+/m0/s1. The Morgan fingerprint density at radius 3 is 2.86 bits per heavy atom. The van der Waals surface area contributed by atoms with Gasteiger partial charge in [-0.2, -0.15) is 0 Å². The highest BCUT2D eigenvalue weighted by molar-refractivity contribution is 7.99. The zero-order valence-electron chi connectivity index (χ0n) is 17.1. The van der Waals surface area contributed by atoms with Gasteiger partial charge < -0.3 is 5.11 Å². The minimum Gasteiger partial charge on any atom is -0.507 e. The topological polar surface area (TPSA) is 71.8 Å². The molecular weight excluding hydrogens is 380 g/mol. The lowest BCUT2D eigenvalue weighted by atomic mass is 9.79. The number of fused-ring (bicyclic) bond motifs is 1. The van der Waals surface area contributed by atoms with Crippen LogP contribution < -0.4 is 0 Å². The van der Waals surface area contributed by atoms with Crippen LogP contribution in [-0.2, 0) is 0 Å². The third kappa shape index (κ3) is 4.69. The molecule has 0 radical (unpaired) electrons. The lowest BCUT2D eigenvalue weighted by Crippen LogP contribution is -2.20. The van der Waals surface area contributed by atoms with Gasteiger partial charge in [0.2, 0.25) is 0 Å². The van der Waals surface area contributed by atoms with Crippen molar-refractivity contribution < 1.29 is 5.11 Å². The molecule has 4 rings (SSSR count). The first-order chi connectivity index (χ1) is 14.1. The molecule has 152 valence electrons. The van der Waals surface area contributed by atoms with Crippen LogP contribution in [0.5, 0.6) is 5.75 Å². The monoisotopic (exact) mass is 408 g/mol. The number of aromatic hydroxyl groups is 1. The first-order valence-electron chi connectivity index (χ1n) is 10.5. The Balaban J connectivity index is 1.51. The van der Waals surface area contributed by atoms with E-state index in [1.807, 2.05) is 23.9 Å². The van der Waals surface area contributed by atoms with E-state index in [-0.39, 0.29) is 5.75 Å². The van der Waals surface area contributed by atoms with E-state index in [0.29, 0.717) is 22.1 Å². The number of phenols is 1. The summed E-state index contributed by atoms with van der Waals surface area (Å²) in [6.45, 7) is 4.73. The van der Waals surface area contributed by atoms with Crippen molar-refractivity contribution in [2.24, 2.45) is 5.41 Å². The molecule has 29 heavy (non-hydrogen) atoms. The van der Waals surface area contributed by atoms with Gasteiger partial charge in [0.15, 0.2) is 5.82 Å². The van der Waals surface area contributed by atoms with Crippen molar-refractivity contribution in [1.82, 2.24) is 20.2 Å². The van der Waals surface area contributed by atoms with E-state index in [9.17, 15) is 5.11 Å². The zero-order chi connectivity index (χ0) is 20.3. The minimum atomic E-state index is 0.145. The van der Waals surface area contributed by atoms with Gasteiger partial charge in [0.1, 0.15) is 10.8 Å². The van der Waals surface area contributed by atoms with Gasteiger partial charge in [-0.1, -0.05) is 44.9 Å².